The van der Waals surface area contributed by atoms with E-state index in [1.807, 2.05) is 12.1 Å². The molecule has 0 unspecified atom stereocenters. The van der Waals surface area contributed by atoms with E-state index in [0.717, 1.165) is 31.4 Å². The van der Waals surface area contributed by atoms with Gasteiger partial charge in [0.25, 0.3) is 0 Å². The predicted octanol–water partition coefficient (Wildman–Crippen LogP) is 3.88. The van der Waals surface area contributed by atoms with E-state index in [0.29, 0.717) is 16.3 Å². The molecule has 20 heavy (non-hydrogen) atoms. The maximum Gasteiger partial charge on any atom is 0.339 e. The molecule has 1 aliphatic rings. The number of carbonyl (C=O) groups is 1. The quantitative estimate of drug-likeness (QED) is 0.933. The molecule has 0 spiro atoms. The second-order valence-electron chi connectivity index (χ2n) is 5.14. The summed E-state index contributed by atoms with van der Waals surface area (Å²) in [5.41, 5.74) is 1.79. The smallest absolute Gasteiger partial charge is 0.339 e. The number of benzene rings is 1. The molecule has 0 saturated heterocycles. The lowest BCUT2D eigenvalue weighted by Gasteiger charge is -2.06. The van der Waals surface area contributed by atoms with E-state index in [4.69, 9.17) is 11.6 Å². The van der Waals surface area contributed by atoms with Gasteiger partial charge in [0.2, 0.25) is 0 Å². The lowest BCUT2D eigenvalue weighted by Crippen LogP contribution is -2.03. The van der Waals surface area contributed by atoms with Crippen LogP contribution in [0, 0.1) is 0 Å². The highest BCUT2D eigenvalue weighted by Crippen LogP contribution is 2.35. The van der Waals surface area contributed by atoms with Gasteiger partial charge in [-0.15, -0.1) is 0 Å². The number of nitrogens with zero attached hydrogens (tertiary/aromatic N) is 2. The molecule has 1 aromatic carbocycles. The summed E-state index contributed by atoms with van der Waals surface area (Å²) in [7, 11) is 0. The van der Waals surface area contributed by atoms with Crippen LogP contribution in [0.5, 0.6) is 0 Å². The average molecular weight is 291 g/mol. The first-order valence-electron chi connectivity index (χ1n) is 6.74. The van der Waals surface area contributed by atoms with Crippen molar-refractivity contribution in [2.75, 3.05) is 0 Å². The standard InChI is InChI=1S/C15H15ClN2O2/c16-11-6-3-7-12(8-11)18-9-13(15(19)20)14(17-18)10-4-1-2-5-10/h3,6-10H,1-2,4-5H2,(H,19,20). The molecule has 0 atom stereocenters. The minimum atomic E-state index is -0.917. The maximum atomic E-state index is 11.4. The minimum absolute atomic E-state index is 0.265. The monoisotopic (exact) mass is 290 g/mol. The van der Waals surface area contributed by atoms with E-state index in [1.165, 1.54) is 0 Å². The summed E-state index contributed by atoms with van der Waals surface area (Å²) in [6.45, 7) is 0. The fourth-order valence-corrected chi connectivity index (χ4v) is 2.99. The van der Waals surface area contributed by atoms with Crippen LogP contribution in [0.15, 0.2) is 30.5 Å². The van der Waals surface area contributed by atoms with Crippen LogP contribution in [-0.2, 0) is 0 Å². The van der Waals surface area contributed by atoms with Crippen LogP contribution < -0.4 is 0 Å². The molecule has 1 heterocycles. The summed E-state index contributed by atoms with van der Waals surface area (Å²) < 4.78 is 1.61. The Morgan fingerprint density at radius 2 is 2.10 bits per heavy atom. The summed E-state index contributed by atoms with van der Waals surface area (Å²) in [5.74, 6) is -0.651. The Hall–Kier alpha value is -1.81. The fraction of sp³-hybridized carbons (Fsp3) is 0.333. The number of carboxylic acids is 1. The van der Waals surface area contributed by atoms with E-state index < -0.39 is 5.97 Å². The Balaban J connectivity index is 2.05. The van der Waals surface area contributed by atoms with Gasteiger partial charge in [-0.1, -0.05) is 30.5 Å². The topological polar surface area (TPSA) is 55.1 Å². The van der Waals surface area contributed by atoms with Crippen molar-refractivity contribution in [3.8, 4) is 5.69 Å². The van der Waals surface area contributed by atoms with Crippen LogP contribution in [0.1, 0.15) is 47.7 Å². The number of aromatic carboxylic acids is 1. The number of aromatic nitrogens is 2. The Kier molecular flexibility index (Phi) is 3.49. The Labute approximate surface area is 122 Å². The molecule has 1 fully saturated rings. The van der Waals surface area contributed by atoms with Crippen molar-refractivity contribution in [2.24, 2.45) is 0 Å². The highest BCUT2D eigenvalue weighted by molar-refractivity contribution is 6.30. The number of carboxylic acid groups (broad SMARTS) is 1. The first-order chi connectivity index (χ1) is 9.65. The molecule has 1 N–H and O–H groups in total. The SMILES string of the molecule is O=C(O)c1cn(-c2cccc(Cl)c2)nc1C1CCCC1. The van der Waals surface area contributed by atoms with Gasteiger partial charge in [-0.05, 0) is 31.0 Å². The molecule has 3 rings (SSSR count). The second kappa shape index (κ2) is 5.29. The summed E-state index contributed by atoms with van der Waals surface area (Å²) in [4.78, 5) is 11.4. The van der Waals surface area contributed by atoms with Gasteiger partial charge in [-0.25, -0.2) is 9.48 Å². The van der Waals surface area contributed by atoms with Gasteiger partial charge in [0, 0.05) is 17.1 Å². The van der Waals surface area contributed by atoms with Crippen molar-refractivity contribution < 1.29 is 9.90 Å². The van der Waals surface area contributed by atoms with E-state index in [9.17, 15) is 9.90 Å². The summed E-state index contributed by atoms with van der Waals surface area (Å²) in [6.07, 6.45) is 5.92. The van der Waals surface area contributed by atoms with Crippen LogP contribution >= 0.6 is 11.6 Å². The van der Waals surface area contributed by atoms with Crippen molar-refractivity contribution >= 4 is 17.6 Å². The maximum absolute atomic E-state index is 11.4. The lowest BCUT2D eigenvalue weighted by molar-refractivity contribution is 0.0695. The van der Waals surface area contributed by atoms with Crippen LogP contribution in [0.3, 0.4) is 0 Å². The van der Waals surface area contributed by atoms with Crippen molar-refractivity contribution in [3.05, 3.63) is 46.7 Å². The van der Waals surface area contributed by atoms with Gasteiger partial charge in [0.1, 0.15) is 5.56 Å². The molecule has 0 radical (unpaired) electrons. The highest BCUT2D eigenvalue weighted by Gasteiger charge is 2.26. The van der Waals surface area contributed by atoms with Gasteiger partial charge >= 0.3 is 5.97 Å². The summed E-state index contributed by atoms with van der Waals surface area (Å²) in [5, 5.41) is 14.5. The van der Waals surface area contributed by atoms with Gasteiger partial charge in [0.15, 0.2) is 0 Å². The summed E-state index contributed by atoms with van der Waals surface area (Å²) in [6, 6.07) is 7.25. The molecule has 0 bridgehead atoms. The molecule has 0 aliphatic heterocycles. The summed E-state index contributed by atoms with van der Waals surface area (Å²) >= 11 is 5.97. The minimum Gasteiger partial charge on any atom is -0.478 e. The molecule has 5 heteroatoms. The zero-order valence-electron chi connectivity index (χ0n) is 10.9. The van der Waals surface area contributed by atoms with Crippen molar-refractivity contribution in [1.82, 2.24) is 9.78 Å². The molecule has 1 aromatic heterocycles. The molecule has 2 aromatic rings. The van der Waals surface area contributed by atoms with E-state index in [-0.39, 0.29) is 5.92 Å². The van der Waals surface area contributed by atoms with Crippen LogP contribution in [0.4, 0.5) is 0 Å². The lowest BCUT2D eigenvalue weighted by atomic mass is 10.0. The third-order valence-electron chi connectivity index (χ3n) is 3.79. The Morgan fingerprint density at radius 3 is 2.75 bits per heavy atom. The van der Waals surface area contributed by atoms with Gasteiger partial charge in [-0.3, -0.25) is 0 Å². The number of rotatable bonds is 3. The second-order valence-corrected chi connectivity index (χ2v) is 5.58. The molecule has 1 saturated carbocycles. The third-order valence-corrected chi connectivity index (χ3v) is 4.02. The van der Waals surface area contributed by atoms with Crippen molar-refractivity contribution in [2.45, 2.75) is 31.6 Å². The zero-order chi connectivity index (χ0) is 14.1. The van der Waals surface area contributed by atoms with E-state index in [1.54, 1.807) is 23.0 Å². The number of hydrogen-bond donors (Lipinski definition) is 1. The fourth-order valence-electron chi connectivity index (χ4n) is 2.80. The number of halogens is 1. The molecule has 4 nitrogen and oxygen atoms in total. The molecular weight excluding hydrogens is 276 g/mol. The molecular formula is C15H15ClN2O2. The van der Waals surface area contributed by atoms with Gasteiger partial charge < -0.3 is 5.11 Å². The Morgan fingerprint density at radius 1 is 1.35 bits per heavy atom. The normalized spacial score (nSPS) is 15.7. The molecule has 1 aliphatic carbocycles. The first kappa shape index (κ1) is 13.2. The zero-order valence-corrected chi connectivity index (χ0v) is 11.7. The van der Waals surface area contributed by atoms with Gasteiger partial charge in [-0.2, -0.15) is 5.10 Å². The van der Waals surface area contributed by atoms with Crippen LogP contribution in [0.2, 0.25) is 5.02 Å². The number of hydrogen-bond acceptors (Lipinski definition) is 2. The predicted molar refractivity (Wildman–Crippen MR) is 76.7 cm³/mol. The van der Waals surface area contributed by atoms with Crippen molar-refractivity contribution in [1.29, 1.82) is 0 Å². The van der Waals surface area contributed by atoms with Crippen molar-refractivity contribution in [3.63, 3.8) is 0 Å². The molecule has 0 amide bonds. The van der Waals surface area contributed by atoms with E-state index in [2.05, 4.69) is 5.10 Å². The average Bonchev–Trinajstić information content (AvgIpc) is 3.08. The van der Waals surface area contributed by atoms with E-state index >= 15 is 0 Å². The first-order valence-corrected chi connectivity index (χ1v) is 7.12. The highest BCUT2D eigenvalue weighted by atomic mass is 35.5. The van der Waals surface area contributed by atoms with Crippen LogP contribution in [-0.4, -0.2) is 20.9 Å². The largest absolute Gasteiger partial charge is 0.478 e. The third kappa shape index (κ3) is 2.43. The Bertz CT molecular complexity index is 645. The van der Waals surface area contributed by atoms with Gasteiger partial charge in [0.05, 0.1) is 11.4 Å². The van der Waals surface area contributed by atoms with Crippen LogP contribution in [0.25, 0.3) is 5.69 Å². The molecule has 104 valence electrons.